The van der Waals surface area contributed by atoms with Crippen LogP contribution in [0.4, 0.5) is 11.4 Å². The highest BCUT2D eigenvalue weighted by Crippen LogP contribution is 2.17. The molecule has 0 spiro atoms. The summed E-state index contributed by atoms with van der Waals surface area (Å²) in [5.41, 5.74) is 1.71. The summed E-state index contributed by atoms with van der Waals surface area (Å²) in [7, 11) is 3.97. The molecule has 0 saturated carbocycles. The van der Waals surface area contributed by atoms with Crippen molar-refractivity contribution in [2.45, 2.75) is 26.3 Å². The zero-order valence-electron chi connectivity index (χ0n) is 12.2. The number of nitriles is 1. The lowest BCUT2D eigenvalue weighted by Gasteiger charge is -2.17. The second-order valence-corrected chi connectivity index (χ2v) is 5.44. The molecule has 1 rings (SSSR count). The molecule has 0 bridgehead atoms. The molecular weight excluding hydrogens is 238 g/mol. The number of aliphatic imine (C=N–C) groups is 1. The molecule has 0 unspecified atom stereocenters. The van der Waals surface area contributed by atoms with Gasteiger partial charge in [-0.25, -0.2) is 4.99 Å². The maximum absolute atomic E-state index is 8.76. The molecule has 0 heterocycles. The molecule has 2 N–H and O–H groups in total. The SMILES string of the molecule is CN(C)c1cccc(NC(=NC(C)(C)C)NC#N)c1. The van der Waals surface area contributed by atoms with Crippen molar-refractivity contribution in [3.05, 3.63) is 24.3 Å². The predicted molar refractivity (Wildman–Crippen MR) is 80.3 cm³/mol. The Morgan fingerprint density at radius 1 is 1.32 bits per heavy atom. The largest absolute Gasteiger partial charge is 0.378 e. The number of hydrogen-bond donors (Lipinski definition) is 2. The first kappa shape index (κ1) is 14.8. The Kier molecular flexibility index (Phi) is 4.76. The topological polar surface area (TPSA) is 63.4 Å². The van der Waals surface area contributed by atoms with Crippen LogP contribution < -0.4 is 15.5 Å². The van der Waals surface area contributed by atoms with E-state index in [2.05, 4.69) is 15.6 Å². The average Bonchev–Trinajstić information content (AvgIpc) is 2.27. The lowest BCUT2D eigenvalue weighted by Crippen LogP contribution is -2.30. The summed E-state index contributed by atoms with van der Waals surface area (Å²) in [6.45, 7) is 5.93. The third kappa shape index (κ3) is 5.30. The first-order chi connectivity index (χ1) is 8.81. The number of hydrogen-bond acceptors (Lipinski definition) is 3. The van der Waals surface area contributed by atoms with E-state index in [1.165, 1.54) is 0 Å². The van der Waals surface area contributed by atoms with E-state index < -0.39 is 0 Å². The minimum Gasteiger partial charge on any atom is -0.378 e. The van der Waals surface area contributed by atoms with Gasteiger partial charge in [0, 0.05) is 25.5 Å². The van der Waals surface area contributed by atoms with Gasteiger partial charge in [0.1, 0.15) is 0 Å². The maximum Gasteiger partial charge on any atom is 0.209 e. The van der Waals surface area contributed by atoms with Crippen molar-refractivity contribution in [2.75, 3.05) is 24.3 Å². The minimum absolute atomic E-state index is 0.259. The fraction of sp³-hybridized carbons (Fsp3) is 0.429. The predicted octanol–water partition coefficient (Wildman–Crippen LogP) is 2.39. The van der Waals surface area contributed by atoms with Gasteiger partial charge < -0.3 is 10.2 Å². The monoisotopic (exact) mass is 259 g/mol. The van der Waals surface area contributed by atoms with Crippen molar-refractivity contribution in [1.82, 2.24) is 5.32 Å². The van der Waals surface area contributed by atoms with Crippen LogP contribution in [0.15, 0.2) is 29.3 Å². The van der Waals surface area contributed by atoms with E-state index in [0.717, 1.165) is 11.4 Å². The van der Waals surface area contributed by atoms with Crippen LogP contribution in [-0.2, 0) is 0 Å². The summed E-state index contributed by atoms with van der Waals surface area (Å²) in [4.78, 5) is 6.44. The second-order valence-electron chi connectivity index (χ2n) is 5.44. The molecule has 1 aromatic carbocycles. The molecule has 0 aliphatic heterocycles. The first-order valence-corrected chi connectivity index (χ1v) is 6.11. The normalized spacial score (nSPS) is 11.7. The van der Waals surface area contributed by atoms with Gasteiger partial charge in [-0.05, 0) is 39.0 Å². The molecule has 0 aliphatic carbocycles. The Balaban J connectivity index is 2.95. The number of rotatable bonds is 2. The van der Waals surface area contributed by atoms with Crippen LogP contribution in [0.2, 0.25) is 0 Å². The van der Waals surface area contributed by atoms with E-state index >= 15 is 0 Å². The summed E-state index contributed by atoms with van der Waals surface area (Å²) in [5.74, 6) is 0.450. The highest BCUT2D eigenvalue weighted by Gasteiger charge is 2.10. The smallest absolute Gasteiger partial charge is 0.209 e. The molecule has 0 fully saturated rings. The summed E-state index contributed by atoms with van der Waals surface area (Å²) in [6, 6.07) is 7.91. The van der Waals surface area contributed by atoms with E-state index in [4.69, 9.17) is 5.26 Å². The minimum atomic E-state index is -0.259. The number of anilines is 2. The van der Waals surface area contributed by atoms with Gasteiger partial charge in [-0.15, -0.1) is 0 Å². The van der Waals surface area contributed by atoms with Crippen molar-refractivity contribution >= 4 is 17.3 Å². The van der Waals surface area contributed by atoms with Gasteiger partial charge in [-0.2, -0.15) is 5.26 Å². The van der Waals surface area contributed by atoms with Crippen molar-refractivity contribution in [3.63, 3.8) is 0 Å². The van der Waals surface area contributed by atoms with Crippen molar-refractivity contribution < 1.29 is 0 Å². The number of nitrogens with zero attached hydrogens (tertiary/aromatic N) is 3. The Morgan fingerprint density at radius 3 is 2.53 bits per heavy atom. The van der Waals surface area contributed by atoms with Gasteiger partial charge in [0.2, 0.25) is 5.96 Å². The van der Waals surface area contributed by atoms with E-state index in [1.807, 2.05) is 70.2 Å². The number of nitrogens with one attached hydrogen (secondary N) is 2. The van der Waals surface area contributed by atoms with Crippen molar-refractivity contribution in [3.8, 4) is 6.19 Å². The zero-order valence-corrected chi connectivity index (χ0v) is 12.2. The Hall–Kier alpha value is -2.22. The van der Waals surface area contributed by atoms with Crippen LogP contribution in [0.3, 0.4) is 0 Å². The van der Waals surface area contributed by atoms with Crippen molar-refractivity contribution in [1.29, 1.82) is 5.26 Å². The molecule has 0 saturated heterocycles. The van der Waals surface area contributed by atoms with E-state index in [-0.39, 0.29) is 5.54 Å². The highest BCUT2D eigenvalue weighted by molar-refractivity contribution is 5.95. The first-order valence-electron chi connectivity index (χ1n) is 6.11. The zero-order chi connectivity index (χ0) is 14.5. The maximum atomic E-state index is 8.76. The summed E-state index contributed by atoms with van der Waals surface area (Å²) < 4.78 is 0. The van der Waals surface area contributed by atoms with Gasteiger partial charge >= 0.3 is 0 Å². The second kappa shape index (κ2) is 6.10. The molecule has 0 atom stereocenters. The molecule has 102 valence electrons. The summed E-state index contributed by atoms with van der Waals surface area (Å²) in [5, 5.41) is 14.5. The molecule has 0 aliphatic rings. The number of benzene rings is 1. The molecule has 19 heavy (non-hydrogen) atoms. The fourth-order valence-electron chi connectivity index (χ4n) is 1.47. The molecule has 1 aromatic rings. The molecular formula is C14H21N5. The van der Waals surface area contributed by atoms with Crippen LogP contribution in [-0.4, -0.2) is 25.6 Å². The quantitative estimate of drug-likeness (QED) is 0.370. The Morgan fingerprint density at radius 2 is 2.00 bits per heavy atom. The molecule has 5 nitrogen and oxygen atoms in total. The lowest BCUT2D eigenvalue weighted by molar-refractivity contribution is 0.581. The van der Waals surface area contributed by atoms with Gasteiger partial charge in [-0.1, -0.05) is 6.07 Å². The van der Waals surface area contributed by atoms with Gasteiger partial charge in [0.05, 0.1) is 5.54 Å². The lowest BCUT2D eigenvalue weighted by atomic mass is 10.1. The third-order valence-electron chi connectivity index (χ3n) is 2.25. The van der Waals surface area contributed by atoms with Gasteiger partial charge in [-0.3, -0.25) is 5.32 Å². The summed E-state index contributed by atoms with van der Waals surface area (Å²) in [6.07, 6.45) is 1.89. The Bertz CT molecular complexity index is 491. The molecule has 0 aromatic heterocycles. The average molecular weight is 259 g/mol. The van der Waals surface area contributed by atoms with Gasteiger partial charge in [0.25, 0.3) is 0 Å². The standard InChI is InChI=1S/C14H21N5/c1-14(2,3)18-13(16-10-15)17-11-7-6-8-12(9-11)19(4)5/h6-9H,1-5H3,(H2,16,17,18). The van der Waals surface area contributed by atoms with Gasteiger partial charge in [0.15, 0.2) is 6.19 Å². The van der Waals surface area contributed by atoms with Crippen LogP contribution >= 0.6 is 0 Å². The Labute approximate surface area is 114 Å². The molecule has 0 radical (unpaired) electrons. The third-order valence-corrected chi connectivity index (χ3v) is 2.25. The van der Waals surface area contributed by atoms with Crippen molar-refractivity contribution in [2.24, 2.45) is 4.99 Å². The number of guanidine groups is 1. The highest BCUT2D eigenvalue weighted by atomic mass is 15.2. The van der Waals surface area contributed by atoms with Crippen LogP contribution in [0.1, 0.15) is 20.8 Å². The summed E-state index contributed by atoms with van der Waals surface area (Å²) >= 11 is 0. The van der Waals surface area contributed by atoms with E-state index in [0.29, 0.717) is 5.96 Å². The van der Waals surface area contributed by atoms with Crippen LogP contribution in [0, 0.1) is 11.5 Å². The van der Waals surface area contributed by atoms with E-state index in [1.54, 1.807) is 0 Å². The molecule has 5 heteroatoms. The fourth-order valence-corrected chi connectivity index (χ4v) is 1.47. The van der Waals surface area contributed by atoms with Crippen LogP contribution in [0.5, 0.6) is 0 Å². The van der Waals surface area contributed by atoms with E-state index in [9.17, 15) is 0 Å². The molecule has 0 amide bonds. The van der Waals surface area contributed by atoms with Crippen LogP contribution in [0.25, 0.3) is 0 Å².